The molecule has 0 radical (unpaired) electrons. The number of rotatable bonds is 5. The lowest BCUT2D eigenvalue weighted by Gasteiger charge is -2.21. The number of nitrogens with one attached hydrogen (secondary N) is 1. The van der Waals surface area contributed by atoms with Gasteiger partial charge in [-0.1, -0.05) is 19.3 Å². The molecule has 7 heteroatoms. The Labute approximate surface area is 167 Å². The number of nitrogens with zero attached hydrogens (tertiary/aromatic N) is 2. The monoisotopic (exact) mass is 397 g/mol. The molecule has 29 heavy (non-hydrogen) atoms. The van der Waals surface area contributed by atoms with Gasteiger partial charge in [0, 0.05) is 11.9 Å². The molecule has 1 aliphatic carbocycles. The second-order valence-corrected chi connectivity index (χ2v) is 7.30. The molecule has 2 heterocycles. The molecule has 0 atom stereocenters. The predicted octanol–water partition coefficient (Wildman–Crippen LogP) is 5.12. The number of hydrogen-bond acceptors (Lipinski definition) is 4. The summed E-state index contributed by atoms with van der Waals surface area (Å²) in [4.78, 5) is 20.2. The Hall–Kier alpha value is -3.09. The van der Waals surface area contributed by atoms with Gasteiger partial charge in [-0.05, 0) is 54.5 Å². The van der Waals surface area contributed by atoms with E-state index in [1.165, 1.54) is 31.4 Å². The number of benzene rings is 1. The molecule has 0 spiro atoms. The maximum atomic E-state index is 14.8. The standard InChI is InChI=1S/C22H21F2N3O2/c23-16-6-7-19(26-12-16)21(28)27-17-10-15-8-9-25-22(20(15)18(24)11-17)29-13-14-4-2-1-3-5-14/h6-12,14H,1-5,13H2,(H,27,28). The molecule has 1 amide bonds. The van der Waals surface area contributed by atoms with Crippen LogP contribution in [0.3, 0.4) is 0 Å². The molecule has 1 aliphatic rings. The third kappa shape index (κ3) is 4.50. The minimum Gasteiger partial charge on any atom is -0.477 e. The van der Waals surface area contributed by atoms with Crippen LogP contribution in [0.4, 0.5) is 14.5 Å². The highest BCUT2D eigenvalue weighted by Crippen LogP contribution is 2.31. The number of amides is 1. The van der Waals surface area contributed by atoms with E-state index in [4.69, 9.17) is 4.74 Å². The number of hydrogen-bond donors (Lipinski definition) is 1. The van der Waals surface area contributed by atoms with Gasteiger partial charge in [-0.3, -0.25) is 4.79 Å². The van der Waals surface area contributed by atoms with Crippen LogP contribution in [-0.2, 0) is 0 Å². The summed E-state index contributed by atoms with van der Waals surface area (Å²) < 4.78 is 33.7. The smallest absolute Gasteiger partial charge is 0.274 e. The Balaban J connectivity index is 1.53. The summed E-state index contributed by atoms with van der Waals surface area (Å²) in [6.07, 6.45) is 8.44. The molecule has 0 aliphatic heterocycles. The number of aromatic nitrogens is 2. The van der Waals surface area contributed by atoms with Crippen LogP contribution < -0.4 is 10.1 Å². The van der Waals surface area contributed by atoms with Gasteiger partial charge in [0.15, 0.2) is 0 Å². The number of anilines is 1. The molecule has 1 aromatic carbocycles. The highest BCUT2D eigenvalue weighted by atomic mass is 19.1. The first kappa shape index (κ1) is 19.2. The number of halogens is 2. The Morgan fingerprint density at radius 2 is 1.93 bits per heavy atom. The molecular formula is C22H21F2N3O2. The second-order valence-electron chi connectivity index (χ2n) is 7.30. The van der Waals surface area contributed by atoms with E-state index in [2.05, 4.69) is 15.3 Å². The number of pyridine rings is 2. The zero-order valence-corrected chi connectivity index (χ0v) is 15.8. The summed E-state index contributed by atoms with van der Waals surface area (Å²) in [5, 5.41) is 3.45. The van der Waals surface area contributed by atoms with Crippen molar-refractivity contribution in [3.8, 4) is 5.88 Å². The van der Waals surface area contributed by atoms with Crippen LogP contribution in [0.5, 0.6) is 5.88 Å². The fraction of sp³-hybridized carbons (Fsp3) is 0.318. The Kier molecular flexibility index (Phi) is 5.64. The Bertz CT molecular complexity index is 1020. The summed E-state index contributed by atoms with van der Waals surface area (Å²) in [6, 6.07) is 6.94. The average molecular weight is 397 g/mol. The number of carbonyl (C=O) groups excluding carboxylic acids is 1. The van der Waals surface area contributed by atoms with Crippen molar-refractivity contribution in [2.24, 2.45) is 5.92 Å². The van der Waals surface area contributed by atoms with Crippen molar-refractivity contribution in [2.75, 3.05) is 11.9 Å². The lowest BCUT2D eigenvalue weighted by Crippen LogP contribution is -2.16. The molecule has 2 aromatic heterocycles. The molecule has 1 N–H and O–H groups in total. The van der Waals surface area contributed by atoms with Gasteiger partial charge in [-0.25, -0.2) is 18.7 Å². The number of ether oxygens (including phenoxy) is 1. The van der Waals surface area contributed by atoms with Gasteiger partial charge < -0.3 is 10.1 Å². The molecule has 5 nitrogen and oxygen atoms in total. The van der Waals surface area contributed by atoms with E-state index in [1.54, 1.807) is 18.3 Å². The summed E-state index contributed by atoms with van der Waals surface area (Å²) in [5.74, 6) is -0.871. The zero-order chi connectivity index (χ0) is 20.2. The first-order chi connectivity index (χ1) is 14.1. The van der Waals surface area contributed by atoms with Gasteiger partial charge in [0.2, 0.25) is 5.88 Å². The van der Waals surface area contributed by atoms with Gasteiger partial charge in [0.1, 0.15) is 17.3 Å². The van der Waals surface area contributed by atoms with Crippen molar-refractivity contribution in [1.82, 2.24) is 9.97 Å². The third-order valence-electron chi connectivity index (χ3n) is 5.18. The number of fused-ring (bicyclic) bond motifs is 1. The van der Waals surface area contributed by atoms with Crippen LogP contribution in [0, 0.1) is 17.6 Å². The van der Waals surface area contributed by atoms with Crippen molar-refractivity contribution in [2.45, 2.75) is 32.1 Å². The van der Waals surface area contributed by atoms with Gasteiger partial charge >= 0.3 is 0 Å². The Morgan fingerprint density at radius 1 is 1.10 bits per heavy atom. The van der Waals surface area contributed by atoms with Crippen LogP contribution in [0.25, 0.3) is 10.8 Å². The first-order valence-electron chi connectivity index (χ1n) is 9.74. The van der Waals surface area contributed by atoms with Gasteiger partial charge in [-0.15, -0.1) is 0 Å². The van der Waals surface area contributed by atoms with Crippen molar-refractivity contribution < 1.29 is 18.3 Å². The van der Waals surface area contributed by atoms with Gasteiger partial charge in [0.05, 0.1) is 18.2 Å². The van der Waals surface area contributed by atoms with Crippen molar-refractivity contribution in [3.05, 3.63) is 60.1 Å². The fourth-order valence-electron chi connectivity index (χ4n) is 3.67. The van der Waals surface area contributed by atoms with E-state index in [9.17, 15) is 13.6 Å². The van der Waals surface area contributed by atoms with Crippen molar-refractivity contribution in [1.29, 1.82) is 0 Å². The van der Waals surface area contributed by atoms with Gasteiger partial charge in [0.25, 0.3) is 5.91 Å². The minimum atomic E-state index is -0.549. The summed E-state index contributed by atoms with van der Waals surface area (Å²) in [6.45, 7) is 0.528. The summed E-state index contributed by atoms with van der Waals surface area (Å²) in [7, 11) is 0. The predicted molar refractivity (Wildman–Crippen MR) is 106 cm³/mol. The summed E-state index contributed by atoms with van der Waals surface area (Å²) >= 11 is 0. The van der Waals surface area contributed by atoms with E-state index in [1.807, 2.05) is 0 Å². The SMILES string of the molecule is O=C(Nc1cc(F)c2c(OCC3CCCCC3)nccc2c1)c1ccc(F)cn1. The van der Waals surface area contributed by atoms with Crippen LogP contribution in [0.2, 0.25) is 0 Å². The van der Waals surface area contributed by atoms with Crippen molar-refractivity contribution in [3.63, 3.8) is 0 Å². The van der Waals surface area contributed by atoms with E-state index in [-0.39, 0.29) is 17.3 Å². The van der Waals surface area contributed by atoms with Crippen molar-refractivity contribution >= 4 is 22.4 Å². The maximum absolute atomic E-state index is 14.8. The first-order valence-corrected chi connectivity index (χ1v) is 9.74. The second kappa shape index (κ2) is 8.51. The largest absolute Gasteiger partial charge is 0.477 e. The molecular weight excluding hydrogens is 376 g/mol. The van der Waals surface area contributed by atoms with Crippen LogP contribution in [0.15, 0.2) is 42.7 Å². The lowest BCUT2D eigenvalue weighted by atomic mass is 9.90. The molecule has 150 valence electrons. The van der Waals surface area contributed by atoms with Crippen LogP contribution >= 0.6 is 0 Å². The minimum absolute atomic E-state index is 0.0399. The zero-order valence-electron chi connectivity index (χ0n) is 15.8. The normalized spacial score (nSPS) is 14.7. The topological polar surface area (TPSA) is 64.1 Å². The maximum Gasteiger partial charge on any atom is 0.274 e. The van der Waals surface area contributed by atoms with E-state index >= 15 is 0 Å². The average Bonchev–Trinajstić information content (AvgIpc) is 2.73. The highest BCUT2D eigenvalue weighted by Gasteiger charge is 2.17. The van der Waals surface area contributed by atoms with E-state index < -0.39 is 17.5 Å². The molecule has 1 fully saturated rings. The van der Waals surface area contributed by atoms with E-state index in [0.29, 0.717) is 23.3 Å². The quantitative estimate of drug-likeness (QED) is 0.649. The molecule has 1 saturated carbocycles. The molecule has 0 saturated heterocycles. The van der Waals surface area contributed by atoms with E-state index in [0.717, 1.165) is 25.1 Å². The molecule has 0 bridgehead atoms. The lowest BCUT2D eigenvalue weighted by molar-refractivity contribution is 0.102. The molecule has 0 unspecified atom stereocenters. The fourth-order valence-corrected chi connectivity index (χ4v) is 3.67. The third-order valence-corrected chi connectivity index (χ3v) is 5.18. The van der Waals surface area contributed by atoms with Crippen LogP contribution in [-0.4, -0.2) is 22.5 Å². The number of carbonyl (C=O) groups is 1. The van der Waals surface area contributed by atoms with Gasteiger partial charge in [-0.2, -0.15) is 0 Å². The summed E-state index contributed by atoms with van der Waals surface area (Å²) in [5.41, 5.74) is 0.314. The highest BCUT2D eigenvalue weighted by molar-refractivity contribution is 6.04. The van der Waals surface area contributed by atoms with Crippen LogP contribution in [0.1, 0.15) is 42.6 Å². The molecule has 4 rings (SSSR count). The Morgan fingerprint density at radius 3 is 2.69 bits per heavy atom. The molecule has 3 aromatic rings.